The van der Waals surface area contributed by atoms with E-state index >= 15 is 0 Å². The third kappa shape index (κ3) is 2.15. The van der Waals surface area contributed by atoms with Gasteiger partial charge in [0.1, 0.15) is 5.84 Å². The van der Waals surface area contributed by atoms with E-state index in [1.54, 1.807) is 0 Å². The summed E-state index contributed by atoms with van der Waals surface area (Å²) in [7, 11) is 0. The first-order valence-electron chi connectivity index (χ1n) is 6.88. The van der Waals surface area contributed by atoms with Gasteiger partial charge in [-0.15, -0.1) is 0 Å². The van der Waals surface area contributed by atoms with Crippen LogP contribution < -0.4 is 5.73 Å². The first-order valence-corrected chi connectivity index (χ1v) is 6.88. The Labute approximate surface area is 108 Å². The molecule has 3 N–H and O–H groups in total. The zero-order chi connectivity index (χ0) is 12.5. The molecule has 0 radical (unpaired) electrons. The first kappa shape index (κ1) is 11.7. The molecule has 18 heavy (non-hydrogen) atoms. The molecule has 1 saturated carbocycles. The number of fused-ring (bicyclic) bond motifs is 1. The van der Waals surface area contributed by atoms with Crippen LogP contribution in [0.4, 0.5) is 0 Å². The van der Waals surface area contributed by atoms with Crippen molar-refractivity contribution in [1.82, 2.24) is 4.90 Å². The summed E-state index contributed by atoms with van der Waals surface area (Å²) in [6, 6.07) is 8.05. The van der Waals surface area contributed by atoms with Gasteiger partial charge in [-0.25, -0.2) is 0 Å². The maximum absolute atomic E-state index is 7.64. The van der Waals surface area contributed by atoms with E-state index in [0.29, 0.717) is 0 Å². The van der Waals surface area contributed by atoms with Crippen LogP contribution in [-0.4, -0.2) is 23.8 Å². The number of hydrogen-bond acceptors (Lipinski definition) is 2. The van der Waals surface area contributed by atoms with E-state index in [0.717, 1.165) is 23.9 Å². The molecule has 2 aliphatic rings. The lowest BCUT2D eigenvalue weighted by atomic mass is 10.0. The van der Waals surface area contributed by atoms with Crippen LogP contribution in [0.5, 0.6) is 0 Å². The van der Waals surface area contributed by atoms with Gasteiger partial charge < -0.3 is 5.73 Å². The highest BCUT2D eigenvalue weighted by atomic mass is 15.2. The number of nitrogens with zero attached hydrogens (tertiary/aromatic N) is 1. The van der Waals surface area contributed by atoms with Crippen LogP contribution in [0.2, 0.25) is 0 Å². The topological polar surface area (TPSA) is 53.1 Å². The second kappa shape index (κ2) is 4.73. The summed E-state index contributed by atoms with van der Waals surface area (Å²) in [5.74, 6) is 2.04. The molecule has 0 aromatic heterocycles. The lowest BCUT2D eigenvalue weighted by Crippen LogP contribution is -2.23. The average Bonchev–Trinajstić information content (AvgIpc) is 2.90. The number of rotatable bonds is 3. The molecule has 1 aliphatic carbocycles. The smallest absolute Gasteiger partial charge is 0.123 e. The molecule has 1 heterocycles. The van der Waals surface area contributed by atoms with Crippen LogP contribution in [0.3, 0.4) is 0 Å². The van der Waals surface area contributed by atoms with Gasteiger partial charge in [0.05, 0.1) is 0 Å². The number of likely N-dealkylation sites (tertiary alicyclic amines) is 1. The van der Waals surface area contributed by atoms with Crippen molar-refractivity contribution in [3.05, 3.63) is 35.4 Å². The maximum atomic E-state index is 7.64. The van der Waals surface area contributed by atoms with Crippen molar-refractivity contribution in [2.24, 2.45) is 17.6 Å². The zero-order valence-corrected chi connectivity index (χ0v) is 10.7. The molecule has 2 fully saturated rings. The van der Waals surface area contributed by atoms with Crippen LogP contribution in [0.1, 0.15) is 30.4 Å². The third-order valence-electron chi connectivity index (χ3n) is 4.50. The molecular weight excluding hydrogens is 222 g/mol. The van der Waals surface area contributed by atoms with Crippen LogP contribution in [-0.2, 0) is 6.54 Å². The highest BCUT2D eigenvalue weighted by molar-refractivity contribution is 5.96. The molecule has 2 unspecified atom stereocenters. The fourth-order valence-corrected chi connectivity index (χ4v) is 3.62. The van der Waals surface area contributed by atoms with Crippen molar-refractivity contribution in [1.29, 1.82) is 5.41 Å². The van der Waals surface area contributed by atoms with Crippen molar-refractivity contribution in [2.45, 2.75) is 25.8 Å². The fourth-order valence-electron chi connectivity index (χ4n) is 3.62. The van der Waals surface area contributed by atoms with E-state index < -0.39 is 0 Å². The predicted molar refractivity (Wildman–Crippen MR) is 73.6 cm³/mol. The van der Waals surface area contributed by atoms with Gasteiger partial charge in [0, 0.05) is 25.2 Å². The van der Waals surface area contributed by atoms with Gasteiger partial charge in [-0.1, -0.05) is 30.7 Å². The van der Waals surface area contributed by atoms with Gasteiger partial charge in [-0.3, -0.25) is 10.3 Å². The molecule has 2 atom stereocenters. The first-order chi connectivity index (χ1) is 8.74. The van der Waals surface area contributed by atoms with E-state index in [4.69, 9.17) is 11.1 Å². The number of nitrogen functional groups attached to an aromatic ring is 1. The summed E-state index contributed by atoms with van der Waals surface area (Å²) in [4.78, 5) is 2.54. The van der Waals surface area contributed by atoms with Gasteiger partial charge in [0.15, 0.2) is 0 Å². The number of nitrogens with one attached hydrogen (secondary N) is 1. The van der Waals surface area contributed by atoms with Crippen LogP contribution in [0.15, 0.2) is 24.3 Å². The molecule has 1 aromatic rings. The van der Waals surface area contributed by atoms with Crippen molar-refractivity contribution < 1.29 is 0 Å². The largest absolute Gasteiger partial charge is 0.384 e. The predicted octanol–water partition coefficient (Wildman–Crippen LogP) is 2.20. The van der Waals surface area contributed by atoms with Crippen LogP contribution >= 0.6 is 0 Å². The van der Waals surface area contributed by atoms with Crippen molar-refractivity contribution in [3.63, 3.8) is 0 Å². The Morgan fingerprint density at radius 2 is 1.89 bits per heavy atom. The molecule has 0 spiro atoms. The minimum absolute atomic E-state index is 0.185. The Kier molecular flexibility index (Phi) is 3.08. The normalized spacial score (nSPS) is 27.3. The third-order valence-corrected chi connectivity index (χ3v) is 4.50. The Morgan fingerprint density at radius 3 is 2.56 bits per heavy atom. The minimum atomic E-state index is 0.185. The number of hydrogen-bond donors (Lipinski definition) is 2. The van der Waals surface area contributed by atoms with Gasteiger partial charge in [-0.2, -0.15) is 0 Å². The lowest BCUT2D eigenvalue weighted by Gasteiger charge is -2.18. The number of amidine groups is 1. The quantitative estimate of drug-likeness (QED) is 0.631. The Morgan fingerprint density at radius 1 is 1.22 bits per heavy atom. The highest BCUT2D eigenvalue weighted by Gasteiger charge is 2.35. The van der Waals surface area contributed by atoms with Gasteiger partial charge >= 0.3 is 0 Å². The molecule has 3 rings (SSSR count). The number of nitrogens with two attached hydrogens (primary N) is 1. The second-order valence-electron chi connectivity index (χ2n) is 5.72. The highest BCUT2D eigenvalue weighted by Crippen LogP contribution is 2.38. The molecule has 0 bridgehead atoms. The minimum Gasteiger partial charge on any atom is -0.384 e. The Balaban J connectivity index is 1.72. The Bertz CT molecular complexity index is 443. The maximum Gasteiger partial charge on any atom is 0.123 e. The molecule has 1 aliphatic heterocycles. The van der Waals surface area contributed by atoms with E-state index in [9.17, 15) is 0 Å². The zero-order valence-electron chi connectivity index (χ0n) is 10.7. The van der Waals surface area contributed by atoms with Crippen LogP contribution in [0, 0.1) is 17.2 Å². The van der Waals surface area contributed by atoms with Crippen molar-refractivity contribution in [3.8, 4) is 0 Å². The average molecular weight is 243 g/mol. The monoisotopic (exact) mass is 243 g/mol. The van der Waals surface area contributed by atoms with E-state index in [-0.39, 0.29) is 5.84 Å². The SMILES string of the molecule is N=C(N)c1ccccc1CN1CC2CCCC2C1. The molecular formula is C15H21N3. The molecule has 3 nitrogen and oxygen atoms in total. The van der Waals surface area contributed by atoms with Crippen LogP contribution in [0.25, 0.3) is 0 Å². The molecule has 96 valence electrons. The molecule has 3 heteroatoms. The molecule has 1 saturated heterocycles. The fraction of sp³-hybridized carbons (Fsp3) is 0.533. The summed E-state index contributed by atoms with van der Waals surface area (Å²) in [5, 5.41) is 7.64. The van der Waals surface area contributed by atoms with Gasteiger partial charge in [0.25, 0.3) is 0 Å². The van der Waals surface area contributed by atoms with E-state index in [2.05, 4.69) is 11.0 Å². The van der Waals surface area contributed by atoms with Crippen molar-refractivity contribution in [2.75, 3.05) is 13.1 Å². The molecule has 0 amide bonds. The molecule has 1 aromatic carbocycles. The van der Waals surface area contributed by atoms with Crippen molar-refractivity contribution >= 4 is 5.84 Å². The summed E-state index contributed by atoms with van der Waals surface area (Å²) in [6.07, 6.45) is 4.25. The standard InChI is InChI=1S/C15H21N3/c16-15(17)14-7-2-1-4-13(14)10-18-8-11-5-3-6-12(11)9-18/h1-2,4,7,11-12H,3,5-6,8-10H2,(H3,16,17). The summed E-state index contributed by atoms with van der Waals surface area (Å²) in [6.45, 7) is 3.41. The van der Waals surface area contributed by atoms with E-state index in [1.165, 1.54) is 37.9 Å². The van der Waals surface area contributed by atoms with Gasteiger partial charge in [-0.05, 0) is 30.2 Å². The summed E-state index contributed by atoms with van der Waals surface area (Å²) < 4.78 is 0. The second-order valence-corrected chi connectivity index (χ2v) is 5.72. The summed E-state index contributed by atoms with van der Waals surface area (Å²) in [5.41, 5.74) is 7.74. The Hall–Kier alpha value is -1.35. The lowest BCUT2D eigenvalue weighted by molar-refractivity contribution is 0.303. The van der Waals surface area contributed by atoms with Gasteiger partial charge in [0.2, 0.25) is 0 Å². The number of benzene rings is 1. The summed E-state index contributed by atoms with van der Waals surface area (Å²) >= 11 is 0. The van der Waals surface area contributed by atoms with E-state index in [1.807, 2.05) is 18.2 Å².